The lowest BCUT2D eigenvalue weighted by molar-refractivity contribution is 0.103. The summed E-state index contributed by atoms with van der Waals surface area (Å²) in [7, 11) is 1.59. The van der Waals surface area contributed by atoms with E-state index >= 15 is 0 Å². The van der Waals surface area contributed by atoms with Crippen molar-refractivity contribution in [1.82, 2.24) is 0 Å². The molecule has 2 N–H and O–H groups in total. The maximum absolute atomic E-state index is 12.6. The van der Waals surface area contributed by atoms with Crippen LogP contribution in [0.15, 0.2) is 53.9 Å². The van der Waals surface area contributed by atoms with E-state index in [1.165, 1.54) is 11.3 Å². The molecule has 2 heterocycles. The normalized spacial score (nSPS) is 13.6. The molecular formula is C21H19NO5S. The first kappa shape index (κ1) is 18.3. The molecule has 1 aliphatic heterocycles. The number of hydrogen-bond donors (Lipinski definition) is 2. The van der Waals surface area contributed by atoms with Gasteiger partial charge < -0.3 is 24.6 Å². The molecule has 28 heavy (non-hydrogen) atoms. The Kier molecular flexibility index (Phi) is 5.18. The molecular weight excluding hydrogens is 378 g/mol. The van der Waals surface area contributed by atoms with Gasteiger partial charge in [0.25, 0.3) is 5.91 Å². The fourth-order valence-electron chi connectivity index (χ4n) is 3.00. The Morgan fingerprint density at radius 2 is 1.86 bits per heavy atom. The van der Waals surface area contributed by atoms with E-state index in [9.17, 15) is 9.90 Å². The molecule has 144 valence electrons. The predicted molar refractivity (Wildman–Crippen MR) is 107 cm³/mol. The zero-order valence-corrected chi connectivity index (χ0v) is 16.0. The Hall–Kier alpha value is -3.03. The molecule has 0 radical (unpaired) electrons. The number of ether oxygens (including phenoxy) is 3. The minimum atomic E-state index is -0.958. The fraction of sp³-hybridized carbons (Fsp3) is 0.190. The highest BCUT2D eigenvalue weighted by atomic mass is 32.1. The predicted octanol–water partition coefficient (Wildman–Crippen LogP) is 3.86. The lowest BCUT2D eigenvalue weighted by Gasteiger charge is -2.23. The first-order valence-corrected chi connectivity index (χ1v) is 9.64. The third kappa shape index (κ3) is 3.67. The molecule has 4 rings (SSSR count). The van der Waals surface area contributed by atoms with Crippen LogP contribution in [0.5, 0.6) is 17.2 Å². The first-order chi connectivity index (χ1) is 13.7. The third-order valence-corrected chi connectivity index (χ3v) is 5.30. The van der Waals surface area contributed by atoms with Gasteiger partial charge in [0.05, 0.1) is 17.7 Å². The second-order valence-electron chi connectivity index (χ2n) is 6.19. The van der Waals surface area contributed by atoms with Crippen molar-refractivity contribution in [3.8, 4) is 17.2 Å². The van der Waals surface area contributed by atoms with Crippen LogP contribution in [0.25, 0.3) is 0 Å². The van der Waals surface area contributed by atoms with Gasteiger partial charge in [-0.15, -0.1) is 11.3 Å². The van der Waals surface area contributed by atoms with Crippen molar-refractivity contribution in [2.45, 2.75) is 6.10 Å². The van der Waals surface area contributed by atoms with Crippen LogP contribution in [0.2, 0.25) is 0 Å². The number of carbonyl (C=O) groups is 1. The molecule has 0 unspecified atom stereocenters. The third-order valence-electron chi connectivity index (χ3n) is 4.43. The number of thiophene rings is 1. The minimum Gasteiger partial charge on any atom is -0.497 e. The molecule has 0 fully saturated rings. The maximum Gasteiger partial charge on any atom is 0.265 e. The second-order valence-corrected chi connectivity index (χ2v) is 7.14. The monoisotopic (exact) mass is 397 g/mol. The van der Waals surface area contributed by atoms with Crippen molar-refractivity contribution in [3.05, 3.63) is 69.9 Å². The van der Waals surface area contributed by atoms with Gasteiger partial charge >= 0.3 is 0 Å². The van der Waals surface area contributed by atoms with Gasteiger partial charge in [0.15, 0.2) is 11.5 Å². The van der Waals surface area contributed by atoms with E-state index in [-0.39, 0.29) is 5.91 Å². The van der Waals surface area contributed by atoms with E-state index in [1.807, 2.05) is 11.4 Å². The summed E-state index contributed by atoms with van der Waals surface area (Å²) in [5, 5.41) is 15.7. The number of aliphatic hydroxyl groups excluding tert-OH is 1. The van der Waals surface area contributed by atoms with Gasteiger partial charge in [0.1, 0.15) is 25.1 Å². The van der Waals surface area contributed by atoms with Crippen molar-refractivity contribution in [3.63, 3.8) is 0 Å². The summed E-state index contributed by atoms with van der Waals surface area (Å²) >= 11 is 1.35. The van der Waals surface area contributed by atoms with Crippen molar-refractivity contribution in [2.24, 2.45) is 0 Å². The van der Waals surface area contributed by atoms with Gasteiger partial charge in [-0.25, -0.2) is 0 Å². The number of benzene rings is 2. The first-order valence-electron chi connectivity index (χ1n) is 8.76. The number of anilines is 1. The lowest BCUT2D eigenvalue weighted by atomic mass is 9.98. The molecule has 0 bridgehead atoms. The van der Waals surface area contributed by atoms with E-state index in [2.05, 4.69) is 5.32 Å². The molecule has 1 aliphatic rings. The zero-order valence-electron chi connectivity index (χ0n) is 15.2. The van der Waals surface area contributed by atoms with Crippen LogP contribution in [-0.2, 0) is 0 Å². The van der Waals surface area contributed by atoms with Gasteiger partial charge in [0.2, 0.25) is 0 Å². The Morgan fingerprint density at radius 3 is 2.50 bits per heavy atom. The van der Waals surface area contributed by atoms with Crippen molar-refractivity contribution >= 4 is 22.9 Å². The van der Waals surface area contributed by atoms with Crippen LogP contribution in [0.1, 0.15) is 26.9 Å². The van der Waals surface area contributed by atoms with Crippen LogP contribution < -0.4 is 19.5 Å². The summed E-state index contributed by atoms with van der Waals surface area (Å²) in [5.41, 5.74) is 1.68. The molecule has 2 aromatic carbocycles. The molecule has 1 aromatic heterocycles. The summed E-state index contributed by atoms with van der Waals surface area (Å²) in [5.74, 6) is 1.54. The average Bonchev–Trinajstić information content (AvgIpc) is 3.28. The van der Waals surface area contributed by atoms with Crippen LogP contribution in [0.4, 0.5) is 5.69 Å². The summed E-state index contributed by atoms with van der Waals surface area (Å²) in [6.07, 6.45) is -0.958. The number of amides is 1. The smallest absolute Gasteiger partial charge is 0.265 e. The number of nitrogens with one attached hydrogen (secondary N) is 1. The Balaban J connectivity index is 1.71. The van der Waals surface area contributed by atoms with Gasteiger partial charge in [-0.2, -0.15) is 0 Å². The van der Waals surface area contributed by atoms with Crippen LogP contribution in [0, 0.1) is 0 Å². The highest BCUT2D eigenvalue weighted by molar-refractivity contribution is 7.12. The van der Waals surface area contributed by atoms with E-state index in [0.29, 0.717) is 52.2 Å². The van der Waals surface area contributed by atoms with Gasteiger partial charge in [-0.3, -0.25) is 4.79 Å². The lowest BCUT2D eigenvalue weighted by Crippen LogP contribution is -2.18. The molecule has 0 aliphatic carbocycles. The second kappa shape index (κ2) is 7.92. The molecule has 1 atom stereocenters. The van der Waals surface area contributed by atoms with Gasteiger partial charge in [0, 0.05) is 11.6 Å². The Morgan fingerprint density at radius 1 is 1.14 bits per heavy atom. The Labute approximate surface area is 166 Å². The zero-order chi connectivity index (χ0) is 19.5. The molecule has 1 amide bonds. The maximum atomic E-state index is 12.6. The molecule has 6 nitrogen and oxygen atoms in total. The topological polar surface area (TPSA) is 77.0 Å². The van der Waals surface area contributed by atoms with E-state index in [0.717, 1.165) is 0 Å². The Bertz CT molecular complexity index is 969. The van der Waals surface area contributed by atoms with Crippen molar-refractivity contribution in [2.75, 3.05) is 25.6 Å². The summed E-state index contributed by atoms with van der Waals surface area (Å²) < 4.78 is 16.5. The number of carbonyl (C=O) groups excluding carboxylic acids is 1. The van der Waals surface area contributed by atoms with Gasteiger partial charge in [-0.05, 0) is 35.2 Å². The van der Waals surface area contributed by atoms with Crippen molar-refractivity contribution < 1.29 is 24.1 Å². The molecule has 0 saturated heterocycles. The standard InChI is InChI=1S/C21H19NO5S/c1-25-14-6-4-13(5-7-14)20(23)15-11-17-18(27-9-8-26-17)12-16(15)22-21(24)19-3-2-10-28-19/h2-7,10-12,20,23H,8-9H2,1H3,(H,22,24)/t20-/m0/s1. The fourth-order valence-corrected chi connectivity index (χ4v) is 3.62. The van der Waals surface area contributed by atoms with Crippen LogP contribution in [-0.4, -0.2) is 31.3 Å². The van der Waals surface area contributed by atoms with Crippen molar-refractivity contribution in [1.29, 1.82) is 0 Å². The van der Waals surface area contributed by atoms with E-state index in [1.54, 1.807) is 49.6 Å². The number of methoxy groups -OCH3 is 1. The highest BCUT2D eigenvalue weighted by Gasteiger charge is 2.23. The number of aliphatic hydroxyl groups is 1. The SMILES string of the molecule is COc1ccc([C@H](O)c2cc3c(cc2NC(=O)c2cccs2)OCCO3)cc1. The number of hydrogen-bond acceptors (Lipinski definition) is 6. The molecule has 3 aromatic rings. The van der Waals surface area contributed by atoms with Crippen LogP contribution in [0.3, 0.4) is 0 Å². The highest BCUT2D eigenvalue weighted by Crippen LogP contribution is 2.40. The molecule has 7 heteroatoms. The summed E-state index contributed by atoms with van der Waals surface area (Å²) in [4.78, 5) is 13.2. The summed E-state index contributed by atoms with van der Waals surface area (Å²) in [6, 6.07) is 14.1. The molecule has 0 saturated carbocycles. The van der Waals surface area contributed by atoms with Crippen LogP contribution >= 0.6 is 11.3 Å². The quantitative estimate of drug-likeness (QED) is 0.684. The minimum absolute atomic E-state index is 0.241. The number of fused-ring (bicyclic) bond motifs is 1. The molecule has 0 spiro atoms. The average molecular weight is 397 g/mol. The van der Waals surface area contributed by atoms with E-state index < -0.39 is 6.10 Å². The largest absolute Gasteiger partial charge is 0.497 e. The summed E-state index contributed by atoms with van der Waals surface area (Å²) in [6.45, 7) is 0.873. The van der Waals surface area contributed by atoms with Gasteiger partial charge in [-0.1, -0.05) is 18.2 Å². The number of rotatable bonds is 5. The van der Waals surface area contributed by atoms with E-state index in [4.69, 9.17) is 14.2 Å².